The van der Waals surface area contributed by atoms with Gasteiger partial charge in [0.2, 0.25) is 0 Å². The number of pyridine rings is 1. The predicted molar refractivity (Wildman–Crippen MR) is 148 cm³/mol. The summed E-state index contributed by atoms with van der Waals surface area (Å²) in [6.07, 6.45) is 9.57. The molecule has 3 aromatic rings. The van der Waals surface area contributed by atoms with E-state index in [1.165, 1.54) is 24.5 Å². The van der Waals surface area contributed by atoms with Crippen LogP contribution < -0.4 is 5.32 Å². The second kappa shape index (κ2) is 11.5. The summed E-state index contributed by atoms with van der Waals surface area (Å²) in [5.41, 5.74) is 4.88. The molecule has 1 amide bonds. The summed E-state index contributed by atoms with van der Waals surface area (Å²) >= 11 is 6.26. The fourth-order valence-electron chi connectivity index (χ4n) is 5.23. The maximum Gasteiger partial charge on any atom is 0.339 e. The number of esters is 1. The number of carbonyl (C=O) groups is 2. The molecule has 7 heteroatoms. The number of ether oxygens (including phenoxy) is 1. The molecule has 2 aromatic carbocycles. The zero-order valence-electron chi connectivity index (χ0n) is 21.4. The number of para-hydroxylation sites is 1. The van der Waals surface area contributed by atoms with Gasteiger partial charge in [0.15, 0.2) is 6.10 Å². The molecule has 0 bridgehead atoms. The molecule has 196 valence electrons. The summed E-state index contributed by atoms with van der Waals surface area (Å²) in [4.78, 5) is 31.0. The summed E-state index contributed by atoms with van der Waals surface area (Å²) in [5, 5.41) is 3.87. The van der Waals surface area contributed by atoms with Crippen molar-refractivity contribution in [3.63, 3.8) is 0 Å². The molecule has 38 heavy (non-hydrogen) atoms. The minimum absolute atomic E-state index is 0.297. The van der Waals surface area contributed by atoms with E-state index in [4.69, 9.17) is 21.3 Å². The average Bonchev–Trinajstić information content (AvgIpc) is 3.31. The van der Waals surface area contributed by atoms with Gasteiger partial charge in [0.05, 0.1) is 21.8 Å². The Morgan fingerprint density at radius 1 is 1.13 bits per heavy atom. The van der Waals surface area contributed by atoms with Crippen molar-refractivity contribution in [3.05, 3.63) is 87.3 Å². The monoisotopic (exact) mass is 532 g/mol. The number of aromatic nitrogens is 1. The zero-order chi connectivity index (χ0) is 26.6. The SMILES string of the molecule is C[C@@H](OC(=O)c1c2c(nc3ccccc13)/C(=C/c1c(F)cccc1Cl)CC2)C(=O)NCCC1=CCCCC1. The van der Waals surface area contributed by atoms with Crippen LogP contribution in [0.1, 0.15) is 72.6 Å². The van der Waals surface area contributed by atoms with E-state index in [2.05, 4.69) is 11.4 Å². The number of allylic oxidation sites excluding steroid dienone is 2. The van der Waals surface area contributed by atoms with Gasteiger partial charge in [-0.25, -0.2) is 14.2 Å². The van der Waals surface area contributed by atoms with Crippen LogP contribution in [0.2, 0.25) is 5.02 Å². The number of benzene rings is 2. The van der Waals surface area contributed by atoms with Crippen molar-refractivity contribution in [2.24, 2.45) is 0 Å². The number of hydrogen-bond acceptors (Lipinski definition) is 4. The zero-order valence-corrected chi connectivity index (χ0v) is 22.1. The van der Waals surface area contributed by atoms with Crippen molar-refractivity contribution in [3.8, 4) is 0 Å². The Morgan fingerprint density at radius 3 is 2.76 bits per heavy atom. The minimum atomic E-state index is -0.945. The molecule has 5 rings (SSSR count). The van der Waals surface area contributed by atoms with E-state index >= 15 is 0 Å². The number of carbonyl (C=O) groups excluding carboxylic acids is 2. The Morgan fingerprint density at radius 2 is 1.97 bits per heavy atom. The topological polar surface area (TPSA) is 68.3 Å². The van der Waals surface area contributed by atoms with E-state index in [1.54, 1.807) is 25.1 Å². The molecular formula is C31H30ClFN2O3. The van der Waals surface area contributed by atoms with Crippen molar-refractivity contribution >= 4 is 46.0 Å². The number of nitrogens with one attached hydrogen (secondary N) is 1. The average molecular weight is 533 g/mol. The van der Waals surface area contributed by atoms with Crippen LogP contribution in [0.5, 0.6) is 0 Å². The van der Waals surface area contributed by atoms with Gasteiger partial charge in [-0.15, -0.1) is 0 Å². The van der Waals surface area contributed by atoms with Gasteiger partial charge in [-0.3, -0.25) is 4.79 Å². The van der Waals surface area contributed by atoms with Gasteiger partial charge in [0.25, 0.3) is 5.91 Å². The molecule has 0 saturated heterocycles. The predicted octanol–water partition coefficient (Wildman–Crippen LogP) is 7.07. The van der Waals surface area contributed by atoms with Crippen molar-refractivity contribution in [1.29, 1.82) is 0 Å². The van der Waals surface area contributed by atoms with Gasteiger partial charge in [-0.1, -0.05) is 47.5 Å². The summed E-state index contributed by atoms with van der Waals surface area (Å²) < 4.78 is 20.2. The van der Waals surface area contributed by atoms with Gasteiger partial charge < -0.3 is 10.1 Å². The molecule has 0 radical (unpaired) electrons. The Labute approximate surface area is 226 Å². The second-order valence-corrected chi connectivity index (χ2v) is 10.2. The Kier molecular flexibility index (Phi) is 7.89. The summed E-state index contributed by atoms with van der Waals surface area (Å²) in [7, 11) is 0. The van der Waals surface area contributed by atoms with Gasteiger partial charge >= 0.3 is 5.97 Å². The van der Waals surface area contributed by atoms with Crippen LogP contribution in [0, 0.1) is 5.82 Å². The number of nitrogens with zero attached hydrogens (tertiary/aromatic N) is 1. The van der Waals surface area contributed by atoms with Crippen LogP contribution in [0.3, 0.4) is 0 Å². The van der Waals surface area contributed by atoms with Crippen LogP contribution in [-0.2, 0) is 16.0 Å². The molecule has 1 N–H and O–H groups in total. The number of rotatable bonds is 7. The van der Waals surface area contributed by atoms with Crippen molar-refractivity contribution in [2.75, 3.05) is 6.54 Å². The highest BCUT2D eigenvalue weighted by Crippen LogP contribution is 2.39. The number of amides is 1. The van der Waals surface area contributed by atoms with E-state index in [0.29, 0.717) is 52.1 Å². The van der Waals surface area contributed by atoms with Crippen molar-refractivity contribution in [1.82, 2.24) is 10.3 Å². The quantitative estimate of drug-likeness (QED) is 0.261. The van der Waals surface area contributed by atoms with E-state index in [-0.39, 0.29) is 5.91 Å². The first kappa shape index (κ1) is 26.1. The van der Waals surface area contributed by atoms with Crippen molar-refractivity contribution < 1.29 is 18.7 Å². The lowest BCUT2D eigenvalue weighted by molar-refractivity contribution is -0.129. The van der Waals surface area contributed by atoms with E-state index in [0.717, 1.165) is 30.4 Å². The van der Waals surface area contributed by atoms with Gasteiger partial charge in [0, 0.05) is 17.5 Å². The summed E-state index contributed by atoms with van der Waals surface area (Å²) in [5.74, 6) is -1.30. The third-order valence-electron chi connectivity index (χ3n) is 7.25. The lowest BCUT2D eigenvalue weighted by Crippen LogP contribution is -2.36. The first-order valence-electron chi connectivity index (χ1n) is 13.2. The highest BCUT2D eigenvalue weighted by atomic mass is 35.5. The molecule has 1 heterocycles. The second-order valence-electron chi connectivity index (χ2n) is 9.83. The summed E-state index contributed by atoms with van der Waals surface area (Å²) in [6, 6.07) is 11.9. The fraction of sp³-hybridized carbons (Fsp3) is 0.323. The Hall–Kier alpha value is -3.51. The van der Waals surface area contributed by atoms with Crippen LogP contribution in [-0.4, -0.2) is 29.5 Å². The highest BCUT2D eigenvalue weighted by Gasteiger charge is 2.29. The van der Waals surface area contributed by atoms with Crippen LogP contribution >= 0.6 is 11.6 Å². The van der Waals surface area contributed by atoms with Gasteiger partial charge in [-0.2, -0.15) is 0 Å². The third-order valence-corrected chi connectivity index (χ3v) is 7.58. The molecule has 0 unspecified atom stereocenters. The Bertz CT molecular complexity index is 1440. The Balaban J connectivity index is 1.39. The maximum atomic E-state index is 14.5. The van der Waals surface area contributed by atoms with Gasteiger partial charge in [0.1, 0.15) is 5.82 Å². The lowest BCUT2D eigenvalue weighted by Gasteiger charge is -2.17. The molecule has 0 aliphatic heterocycles. The van der Waals surface area contributed by atoms with Crippen LogP contribution in [0.25, 0.3) is 22.6 Å². The van der Waals surface area contributed by atoms with Crippen LogP contribution in [0.15, 0.2) is 54.1 Å². The highest BCUT2D eigenvalue weighted by molar-refractivity contribution is 6.32. The fourth-order valence-corrected chi connectivity index (χ4v) is 5.45. The molecule has 5 nitrogen and oxygen atoms in total. The number of hydrogen-bond donors (Lipinski definition) is 1. The molecule has 0 spiro atoms. The minimum Gasteiger partial charge on any atom is -0.449 e. The van der Waals surface area contributed by atoms with E-state index in [1.807, 2.05) is 24.3 Å². The third kappa shape index (κ3) is 5.51. The smallest absolute Gasteiger partial charge is 0.339 e. The first-order chi connectivity index (χ1) is 18.4. The lowest BCUT2D eigenvalue weighted by atomic mass is 9.97. The number of halogens is 2. The number of fused-ring (bicyclic) bond motifs is 2. The van der Waals surface area contributed by atoms with Crippen molar-refractivity contribution in [2.45, 2.75) is 58.0 Å². The summed E-state index contributed by atoms with van der Waals surface area (Å²) in [6.45, 7) is 2.11. The van der Waals surface area contributed by atoms with Gasteiger partial charge in [-0.05, 0) is 87.3 Å². The molecule has 0 fully saturated rings. The molecule has 1 atom stereocenters. The normalized spacial score (nSPS) is 16.7. The maximum absolute atomic E-state index is 14.5. The van der Waals surface area contributed by atoms with E-state index in [9.17, 15) is 14.0 Å². The molecule has 1 aromatic heterocycles. The van der Waals surface area contributed by atoms with E-state index < -0.39 is 17.9 Å². The van der Waals surface area contributed by atoms with Crippen LogP contribution in [0.4, 0.5) is 4.39 Å². The molecule has 0 saturated carbocycles. The first-order valence-corrected chi connectivity index (χ1v) is 13.5. The molecule has 2 aliphatic carbocycles. The molecule has 2 aliphatic rings. The largest absolute Gasteiger partial charge is 0.449 e. The standard InChI is InChI=1S/C31H30ClFN2O3/c1-19(30(36)34-17-16-20-8-3-2-4-9-20)38-31(37)28-22-10-5-6-13-27(22)35-29-21(14-15-23(28)29)18-24-25(32)11-7-12-26(24)33/h5-8,10-13,18-19H,2-4,9,14-17H2,1H3,(H,34,36)/b21-18+/t19-/m1/s1. The molecular weight excluding hydrogens is 503 g/mol.